The minimum Gasteiger partial charge on any atom is -0.494 e. The van der Waals surface area contributed by atoms with Crippen molar-refractivity contribution in [1.82, 2.24) is 5.32 Å². The van der Waals surface area contributed by atoms with Gasteiger partial charge in [0, 0.05) is 6.04 Å². The first-order valence-corrected chi connectivity index (χ1v) is 8.48. The Balaban J connectivity index is 1.84. The van der Waals surface area contributed by atoms with E-state index in [1.165, 1.54) is 0 Å². The molecule has 0 aromatic heterocycles. The summed E-state index contributed by atoms with van der Waals surface area (Å²) in [5.41, 5.74) is 0. The van der Waals surface area contributed by atoms with E-state index >= 15 is 0 Å². The van der Waals surface area contributed by atoms with Crippen LogP contribution >= 0.6 is 0 Å². The zero-order chi connectivity index (χ0) is 17.4. The summed E-state index contributed by atoms with van der Waals surface area (Å²) in [6.07, 6.45) is 4.16. The van der Waals surface area contributed by atoms with E-state index in [-0.39, 0.29) is 18.6 Å². The topological polar surface area (TPSA) is 84.9 Å². The molecule has 24 heavy (non-hydrogen) atoms. The molecule has 6 heteroatoms. The van der Waals surface area contributed by atoms with Crippen LogP contribution in [0.1, 0.15) is 39.0 Å². The monoisotopic (exact) mass is 335 g/mol. The van der Waals surface area contributed by atoms with Crippen molar-refractivity contribution in [1.29, 1.82) is 0 Å². The molecule has 1 amide bonds. The van der Waals surface area contributed by atoms with Crippen molar-refractivity contribution in [2.75, 3.05) is 13.2 Å². The highest BCUT2D eigenvalue weighted by atomic mass is 16.5. The quantitative estimate of drug-likeness (QED) is 0.748. The van der Waals surface area contributed by atoms with E-state index in [1.54, 1.807) is 24.3 Å². The van der Waals surface area contributed by atoms with E-state index in [1.807, 2.05) is 6.92 Å². The maximum atomic E-state index is 12.1. The number of carbonyl (C=O) groups is 2. The first-order chi connectivity index (χ1) is 11.6. The third-order valence-corrected chi connectivity index (χ3v) is 4.18. The van der Waals surface area contributed by atoms with Crippen molar-refractivity contribution in [3.8, 4) is 11.5 Å². The van der Waals surface area contributed by atoms with Gasteiger partial charge in [0.15, 0.2) is 6.61 Å². The molecule has 2 N–H and O–H groups in total. The second-order valence-electron chi connectivity index (χ2n) is 5.95. The molecule has 1 aromatic carbocycles. The number of benzene rings is 1. The Bertz CT molecular complexity index is 543. The SMILES string of the molecule is CCOc1ccc(OCC(=O)N[C@H]2CCCCC[C@H]2C(=O)O)cc1. The number of amides is 1. The van der Waals surface area contributed by atoms with Crippen molar-refractivity contribution in [2.45, 2.75) is 45.1 Å². The van der Waals surface area contributed by atoms with Crippen molar-refractivity contribution in [3.05, 3.63) is 24.3 Å². The molecule has 1 saturated carbocycles. The van der Waals surface area contributed by atoms with Crippen molar-refractivity contribution >= 4 is 11.9 Å². The Labute approximate surface area is 142 Å². The summed E-state index contributed by atoms with van der Waals surface area (Å²) in [7, 11) is 0. The van der Waals surface area contributed by atoms with E-state index in [4.69, 9.17) is 9.47 Å². The predicted molar refractivity (Wildman–Crippen MR) is 89.2 cm³/mol. The van der Waals surface area contributed by atoms with Gasteiger partial charge in [-0.05, 0) is 44.0 Å². The van der Waals surface area contributed by atoms with Crippen LogP contribution in [0.25, 0.3) is 0 Å². The Morgan fingerprint density at radius 3 is 2.33 bits per heavy atom. The highest BCUT2D eigenvalue weighted by Crippen LogP contribution is 2.24. The smallest absolute Gasteiger partial charge is 0.308 e. The third kappa shape index (κ3) is 5.44. The standard InChI is InChI=1S/C18H25NO5/c1-2-23-13-8-10-14(11-9-13)24-12-17(20)19-16-7-5-3-4-6-15(16)18(21)22/h8-11,15-16H,2-7,12H2,1H3,(H,19,20)(H,21,22)/t15-,16+/m1/s1. The van der Waals surface area contributed by atoms with Crippen LogP contribution in [0, 0.1) is 5.92 Å². The van der Waals surface area contributed by atoms with Crippen LogP contribution in [0.4, 0.5) is 0 Å². The van der Waals surface area contributed by atoms with Gasteiger partial charge in [-0.25, -0.2) is 0 Å². The van der Waals surface area contributed by atoms with Gasteiger partial charge in [0.25, 0.3) is 5.91 Å². The number of hydrogen-bond acceptors (Lipinski definition) is 4. The number of rotatable bonds is 7. The van der Waals surface area contributed by atoms with Gasteiger partial charge in [-0.3, -0.25) is 9.59 Å². The number of nitrogens with one attached hydrogen (secondary N) is 1. The van der Waals surface area contributed by atoms with Crippen LogP contribution < -0.4 is 14.8 Å². The average molecular weight is 335 g/mol. The van der Waals surface area contributed by atoms with E-state index in [0.29, 0.717) is 25.2 Å². The first-order valence-electron chi connectivity index (χ1n) is 8.48. The third-order valence-electron chi connectivity index (χ3n) is 4.18. The number of carboxylic acid groups (broad SMARTS) is 1. The molecule has 0 bridgehead atoms. The molecule has 1 aromatic rings. The average Bonchev–Trinajstić information content (AvgIpc) is 2.80. The summed E-state index contributed by atoms with van der Waals surface area (Å²) < 4.78 is 10.8. The predicted octanol–water partition coefficient (Wildman–Crippen LogP) is 2.61. The molecule has 2 rings (SSSR count). The molecule has 1 aliphatic carbocycles. The van der Waals surface area contributed by atoms with Crippen LogP contribution in [0.3, 0.4) is 0 Å². The Hall–Kier alpha value is -2.24. The van der Waals surface area contributed by atoms with Gasteiger partial charge >= 0.3 is 5.97 Å². The summed E-state index contributed by atoms with van der Waals surface area (Å²) in [6.45, 7) is 2.37. The van der Waals surface area contributed by atoms with Crippen molar-refractivity contribution < 1.29 is 24.2 Å². The molecule has 1 fully saturated rings. The maximum absolute atomic E-state index is 12.1. The molecule has 2 atom stereocenters. The maximum Gasteiger partial charge on any atom is 0.308 e. The highest BCUT2D eigenvalue weighted by Gasteiger charge is 2.30. The molecule has 132 valence electrons. The largest absolute Gasteiger partial charge is 0.494 e. The molecule has 6 nitrogen and oxygen atoms in total. The van der Waals surface area contributed by atoms with Crippen LogP contribution in [0.2, 0.25) is 0 Å². The summed E-state index contributed by atoms with van der Waals surface area (Å²) >= 11 is 0. The summed E-state index contributed by atoms with van der Waals surface area (Å²) in [4.78, 5) is 23.4. The Morgan fingerprint density at radius 1 is 1.08 bits per heavy atom. The lowest BCUT2D eigenvalue weighted by molar-refractivity contribution is -0.143. The van der Waals surface area contributed by atoms with Gasteiger partial charge in [-0.2, -0.15) is 0 Å². The Morgan fingerprint density at radius 2 is 1.71 bits per heavy atom. The van der Waals surface area contributed by atoms with Crippen molar-refractivity contribution in [2.24, 2.45) is 5.92 Å². The molecular weight excluding hydrogens is 310 g/mol. The second kappa shape index (κ2) is 9.15. The van der Waals surface area contributed by atoms with Crippen LogP contribution in [-0.2, 0) is 9.59 Å². The molecule has 0 heterocycles. The summed E-state index contributed by atoms with van der Waals surface area (Å²) in [6, 6.07) is 6.72. The number of aliphatic carboxylic acids is 1. The minimum absolute atomic E-state index is 0.128. The van der Waals surface area contributed by atoms with Crippen molar-refractivity contribution in [3.63, 3.8) is 0 Å². The van der Waals surface area contributed by atoms with E-state index < -0.39 is 11.9 Å². The lowest BCUT2D eigenvalue weighted by atomic mass is 9.95. The van der Waals surface area contributed by atoms with Gasteiger partial charge in [0.05, 0.1) is 12.5 Å². The van der Waals surface area contributed by atoms with E-state index in [2.05, 4.69) is 5.32 Å². The first kappa shape index (κ1) is 18.1. The Kier molecular flexibility index (Phi) is 6.90. The van der Waals surface area contributed by atoms with Gasteiger partial charge in [0.2, 0.25) is 0 Å². The molecule has 0 unspecified atom stereocenters. The van der Waals surface area contributed by atoms with E-state index in [0.717, 1.165) is 25.0 Å². The lowest BCUT2D eigenvalue weighted by Gasteiger charge is -2.22. The van der Waals surface area contributed by atoms with E-state index in [9.17, 15) is 14.7 Å². The number of ether oxygens (including phenoxy) is 2. The van der Waals surface area contributed by atoms with Crippen LogP contribution in [-0.4, -0.2) is 36.2 Å². The normalized spacial score (nSPS) is 20.7. The molecule has 0 spiro atoms. The number of carbonyl (C=O) groups excluding carboxylic acids is 1. The fourth-order valence-electron chi connectivity index (χ4n) is 2.97. The van der Waals surface area contributed by atoms with Gasteiger partial charge in [0.1, 0.15) is 11.5 Å². The van der Waals surface area contributed by atoms with Gasteiger partial charge < -0.3 is 19.9 Å². The van der Waals surface area contributed by atoms with Crippen LogP contribution in [0.5, 0.6) is 11.5 Å². The summed E-state index contributed by atoms with van der Waals surface area (Å²) in [5.74, 6) is -0.320. The van der Waals surface area contributed by atoms with Gasteiger partial charge in [-0.15, -0.1) is 0 Å². The minimum atomic E-state index is -0.838. The zero-order valence-corrected chi connectivity index (χ0v) is 14.0. The lowest BCUT2D eigenvalue weighted by Crippen LogP contribution is -2.44. The van der Waals surface area contributed by atoms with Crippen LogP contribution in [0.15, 0.2) is 24.3 Å². The highest BCUT2D eigenvalue weighted by molar-refractivity contribution is 5.79. The fourth-order valence-corrected chi connectivity index (χ4v) is 2.97. The summed E-state index contributed by atoms with van der Waals surface area (Å²) in [5, 5.41) is 12.2. The molecule has 0 aliphatic heterocycles. The molecule has 0 radical (unpaired) electrons. The fraction of sp³-hybridized carbons (Fsp3) is 0.556. The molecular formula is C18H25NO5. The molecule has 0 saturated heterocycles. The van der Waals surface area contributed by atoms with Gasteiger partial charge in [-0.1, -0.05) is 19.3 Å². The zero-order valence-electron chi connectivity index (χ0n) is 14.0. The second-order valence-corrected chi connectivity index (χ2v) is 5.95. The number of hydrogen-bond donors (Lipinski definition) is 2. The molecule has 1 aliphatic rings. The number of carboxylic acids is 1.